The number of aliphatic imine (C=N–C) groups is 1. The van der Waals surface area contributed by atoms with Gasteiger partial charge in [0.05, 0.1) is 12.1 Å². The van der Waals surface area contributed by atoms with Crippen molar-refractivity contribution >= 4 is 65.7 Å². The molecule has 3 aliphatic rings. The molecule has 2 aliphatic carbocycles. The van der Waals surface area contributed by atoms with E-state index in [2.05, 4.69) is 113 Å². The molecule has 2 saturated carbocycles. The molecule has 5 atom stereocenters. The monoisotopic (exact) mass is 1180 g/mol. The van der Waals surface area contributed by atoms with Crippen molar-refractivity contribution in [3.8, 4) is 0 Å². The minimum atomic E-state index is -1.09. The van der Waals surface area contributed by atoms with Crippen molar-refractivity contribution in [1.29, 1.82) is 0 Å². The number of nitrogens with zero attached hydrogens (tertiary/aromatic N) is 1. The number of amidine groups is 1. The maximum absolute atomic E-state index is 15.7. The van der Waals surface area contributed by atoms with Gasteiger partial charge in [-0.25, -0.2) is 14.6 Å². The van der Waals surface area contributed by atoms with E-state index >= 15 is 14.4 Å². The molecule has 14 nitrogen and oxygen atoms in total. The smallest absolute Gasteiger partial charge is 0.342 e. The van der Waals surface area contributed by atoms with E-state index in [-0.39, 0.29) is 105 Å². The van der Waals surface area contributed by atoms with Crippen LogP contribution in [0.4, 0.5) is 5.82 Å². The van der Waals surface area contributed by atoms with Crippen molar-refractivity contribution in [2.75, 3.05) is 11.1 Å². The summed E-state index contributed by atoms with van der Waals surface area (Å²) in [5.74, 6) is -1.46. The number of thioether (sulfide) groups is 1. The van der Waals surface area contributed by atoms with Crippen molar-refractivity contribution in [3.63, 3.8) is 0 Å². The third-order valence-corrected chi connectivity index (χ3v) is 20.7. The highest BCUT2D eigenvalue weighted by atomic mass is 32.2. The Kier molecular flexibility index (Phi) is 24.3. The Hall–Kier alpha value is -4.40. The molecule has 4 N–H and O–H groups in total. The number of allylic oxidation sites excluding steroid dienone is 1. The van der Waals surface area contributed by atoms with Crippen molar-refractivity contribution < 1.29 is 48.1 Å². The molecule has 1 aromatic heterocycles. The largest absolute Gasteiger partial charge is 0.481 e. The van der Waals surface area contributed by atoms with E-state index in [0.29, 0.717) is 85.1 Å². The quantitative estimate of drug-likeness (QED) is 0.0252. The predicted octanol–water partition coefficient (Wildman–Crippen LogP) is 16.4. The number of rotatable bonds is 24. The number of hydrogen-bond donors (Lipinski definition) is 4. The number of anilines is 1. The van der Waals surface area contributed by atoms with Gasteiger partial charge in [-0.1, -0.05) is 159 Å². The topological polar surface area (TPSA) is 203 Å². The van der Waals surface area contributed by atoms with E-state index in [1.165, 1.54) is 11.8 Å². The normalized spacial score (nSPS) is 24.0. The van der Waals surface area contributed by atoms with Crippen LogP contribution >= 0.6 is 11.8 Å². The zero-order chi connectivity index (χ0) is 63.1. The first-order valence-electron chi connectivity index (χ1n) is 31.6. The Morgan fingerprint density at radius 3 is 1.48 bits per heavy atom. The number of aromatic amines is 1. The Labute approximate surface area is 505 Å². The summed E-state index contributed by atoms with van der Waals surface area (Å²) in [6.45, 7) is 49.5. The van der Waals surface area contributed by atoms with Gasteiger partial charge in [0.2, 0.25) is 11.8 Å². The van der Waals surface area contributed by atoms with Gasteiger partial charge in [0.25, 0.3) is 6.47 Å². The number of nitrogens with one attached hydrogen (secondary N) is 3. The lowest BCUT2D eigenvalue weighted by atomic mass is 9.59. The van der Waals surface area contributed by atoms with E-state index in [4.69, 9.17) is 19.2 Å². The van der Waals surface area contributed by atoms with Crippen LogP contribution in [0.1, 0.15) is 264 Å². The Morgan fingerprint density at radius 2 is 1.10 bits per heavy atom. The number of carboxylic acids is 1. The first-order valence-corrected chi connectivity index (χ1v) is 32.6. The Morgan fingerprint density at radius 1 is 0.663 bits per heavy atom. The maximum Gasteiger partial charge on any atom is 0.342 e. The van der Waals surface area contributed by atoms with Gasteiger partial charge in [0.15, 0.2) is 5.44 Å². The summed E-state index contributed by atoms with van der Waals surface area (Å²) < 4.78 is 19.0. The van der Waals surface area contributed by atoms with Crippen LogP contribution in [-0.4, -0.2) is 75.5 Å². The third-order valence-electron chi connectivity index (χ3n) is 19.5. The molecule has 83 heavy (non-hydrogen) atoms. The minimum absolute atomic E-state index is 0.0344. The van der Waals surface area contributed by atoms with Gasteiger partial charge in [0, 0.05) is 40.2 Å². The van der Waals surface area contributed by atoms with Crippen LogP contribution in [0.15, 0.2) is 21.8 Å². The molecule has 1 aromatic rings. The van der Waals surface area contributed by atoms with Gasteiger partial charge in [-0.2, -0.15) is 0 Å². The second-order valence-corrected chi connectivity index (χ2v) is 31.3. The van der Waals surface area contributed by atoms with Crippen LogP contribution < -0.4 is 10.6 Å². The third kappa shape index (κ3) is 17.0. The second-order valence-electron chi connectivity index (χ2n) is 30.0. The summed E-state index contributed by atoms with van der Waals surface area (Å²) >= 11 is 1.21. The molecule has 0 saturated heterocycles. The van der Waals surface area contributed by atoms with Crippen LogP contribution in [0.25, 0.3) is 6.08 Å². The zero-order valence-corrected chi connectivity index (χ0v) is 56.5. The zero-order valence-electron chi connectivity index (χ0n) is 55.7. The molecule has 2 amide bonds. The van der Waals surface area contributed by atoms with E-state index in [1.807, 2.05) is 68.4 Å². The molecule has 0 spiro atoms. The number of carboxylic acid groups (broad SMARTS) is 1. The van der Waals surface area contributed by atoms with E-state index in [0.717, 1.165) is 25.7 Å². The van der Waals surface area contributed by atoms with Crippen molar-refractivity contribution in [2.45, 2.75) is 260 Å². The molecule has 15 heteroatoms. The Bertz CT molecular complexity index is 2480. The van der Waals surface area contributed by atoms with Crippen LogP contribution in [0.2, 0.25) is 0 Å². The average Bonchev–Trinajstić information content (AvgIpc) is 2.74. The number of amides is 2. The second kappa shape index (κ2) is 28.4. The summed E-state index contributed by atoms with van der Waals surface area (Å²) in [4.78, 5) is 92.8. The first-order chi connectivity index (χ1) is 38.3. The molecule has 4 rings (SSSR count). The molecular weight excluding hydrogens is 1060 g/mol. The number of aromatic nitrogens is 1. The van der Waals surface area contributed by atoms with E-state index < -0.39 is 46.4 Å². The molecule has 1 aliphatic heterocycles. The summed E-state index contributed by atoms with van der Waals surface area (Å²) in [6.07, 6.45) is 7.88. The SMILES string of the molecule is CCC(CC)(CCCSC(CC(=O)O)OC=O)C(=O)NC1=NC(=Cc2[nH]c(NC(=O)C(CC)(CC)CC)c(C(=O)OC3C(C(C)(C)C)CC(C)CC3C(C)(C)C)c2C(C)C)C(C(C)C)=C1C(=O)OC1C(C(C)(C)C)CC(C)CC1C(C)(C)C. The molecule has 0 aromatic carbocycles. The van der Waals surface area contributed by atoms with Gasteiger partial charge in [0.1, 0.15) is 35.0 Å². The number of hydrogen-bond acceptors (Lipinski definition) is 11. The number of carbonyl (C=O) groups is 6. The summed E-state index contributed by atoms with van der Waals surface area (Å²) in [6, 6.07) is 0. The first kappa shape index (κ1) is 71.1. The lowest BCUT2D eigenvalue weighted by Gasteiger charge is -2.50. The summed E-state index contributed by atoms with van der Waals surface area (Å²) in [5, 5.41) is 15.9. The Balaban J connectivity index is 2.07. The predicted molar refractivity (Wildman–Crippen MR) is 338 cm³/mol. The molecular formula is C68H112N4O10S. The number of ether oxygens (including phenoxy) is 3. The average molecular weight is 1180 g/mol. The highest BCUT2D eigenvalue weighted by molar-refractivity contribution is 7.99. The van der Waals surface area contributed by atoms with Crippen molar-refractivity contribution in [2.24, 2.45) is 78.9 Å². The molecule has 2 heterocycles. The number of carbonyl (C=O) groups excluding carboxylic acids is 5. The highest BCUT2D eigenvalue weighted by Gasteiger charge is 2.51. The van der Waals surface area contributed by atoms with Crippen LogP contribution in [-0.2, 0) is 38.2 Å². The minimum Gasteiger partial charge on any atom is -0.481 e. The fraction of sp³-hybridized carbons (Fsp3) is 0.779. The van der Waals surface area contributed by atoms with Gasteiger partial charge < -0.3 is 34.9 Å². The molecule has 0 bridgehead atoms. The van der Waals surface area contributed by atoms with Crippen LogP contribution in [0, 0.1) is 73.9 Å². The molecule has 0 radical (unpaired) electrons. The van der Waals surface area contributed by atoms with Crippen LogP contribution in [0.3, 0.4) is 0 Å². The molecule has 470 valence electrons. The standard InChI is InChI=1S/C68H112N4O10S/c1-24-67(25-2,26-3)61(78)71-57-53(59(76)81-55-43(63(12,13)14)32-41(10)33-44(55)64(15,16)17)51(39(6)7)47(69-57)36-48-52(40(8)9)54(60(77)82-56-45(65(18,19)20)34-42(11)35-46(56)66(21,22)23)58(70-48)72-62(79)68(27-4,28-5)30-29-31-83-50(80-38-73)37-49(74)75/h36,38-46,50,55-56,69H,24-35,37H2,1-23H3,(H,71,78)(H,74,75)(H,70,72,79). The molecule has 2 fully saturated rings. The van der Waals surface area contributed by atoms with Crippen LogP contribution in [0.5, 0.6) is 0 Å². The van der Waals surface area contributed by atoms with Crippen molar-refractivity contribution in [3.05, 3.63) is 33.7 Å². The summed E-state index contributed by atoms with van der Waals surface area (Å²) in [7, 11) is 0. The maximum atomic E-state index is 15.7. The lowest BCUT2D eigenvalue weighted by Crippen LogP contribution is -2.50. The van der Waals surface area contributed by atoms with Gasteiger partial charge >= 0.3 is 17.9 Å². The van der Waals surface area contributed by atoms with Gasteiger partial charge in [-0.15, -0.1) is 11.8 Å². The van der Waals surface area contributed by atoms with E-state index in [9.17, 15) is 19.5 Å². The van der Waals surface area contributed by atoms with E-state index in [1.54, 1.807) is 0 Å². The van der Waals surface area contributed by atoms with Gasteiger partial charge in [-0.05, 0) is 139 Å². The number of H-pyrrole nitrogens is 1. The fourth-order valence-corrected chi connectivity index (χ4v) is 15.0. The van der Waals surface area contributed by atoms with Gasteiger partial charge in [-0.3, -0.25) is 19.2 Å². The van der Waals surface area contributed by atoms with Crippen molar-refractivity contribution in [1.82, 2.24) is 10.3 Å². The lowest BCUT2D eigenvalue weighted by molar-refractivity contribution is -0.164. The highest BCUT2D eigenvalue weighted by Crippen LogP contribution is 2.52. The summed E-state index contributed by atoms with van der Waals surface area (Å²) in [5.41, 5.74) is -0.676. The fourth-order valence-electron chi connectivity index (χ4n) is 14.0. The number of aliphatic carboxylic acids is 1. The molecule has 5 unspecified atom stereocenters. The number of esters is 2.